The summed E-state index contributed by atoms with van der Waals surface area (Å²) in [5.41, 5.74) is 2.31. The Morgan fingerprint density at radius 1 is 1.20 bits per heavy atom. The van der Waals surface area contributed by atoms with Crippen molar-refractivity contribution >= 4 is 17.7 Å². The van der Waals surface area contributed by atoms with E-state index in [2.05, 4.69) is 20.8 Å². The van der Waals surface area contributed by atoms with Gasteiger partial charge >= 0.3 is 0 Å². The van der Waals surface area contributed by atoms with Crippen molar-refractivity contribution < 1.29 is 9.53 Å². The Bertz CT molecular complexity index is 917. The Morgan fingerprint density at radius 2 is 2.04 bits per heavy atom. The van der Waals surface area contributed by atoms with Crippen LogP contribution < -0.4 is 10.1 Å². The number of carbonyl (C=O) groups excluding carboxylic acids is 1. The van der Waals surface area contributed by atoms with Crippen LogP contribution >= 0.6 is 0 Å². The molecule has 0 aliphatic heterocycles. The molecule has 0 atom stereocenters. The Hall–Kier alpha value is -3.48. The third-order valence-corrected chi connectivity index (χ3v) is 3.56. The van der Waals surface area contributed by atoms with Gasteiger partial charge in [-0.15, -0.1) is 5.10 Å². The SMILES string of the molecule is COc1ccccc1/C=C/C(=O)Nc1cccc(-c2nnnn2C)c1. The number of nitrogens with one attached hydrogen (secondary N) is 1. The molecule has 0 bridgehead atoms. The van der Waals surface area contributed by atoms with Crippen molar-refractivity contribution in [3.05, 3.63) is 60.2 Å². The van der Waals surface area contributed by atoms with Gasteiger partial charge in [-0.2, -0.15) is 0 Å². The monoisotopic (exact) mass is 335 g/mol. The minimum absolute atomic E-state index is 0.237. The largest absolute Gasteiger partial charge is 0.496 e. The number of ether oxygens (including phenoxy) is 1. The van der Waals surface area contributed by atoms with Gasteiger partial charge in [-0.1, -0.05) is 30.3 Å². The Balaban J connectivity index is 1.73. The van der Waals surface area contributed by atoms with Gasteiger partial charge in [0.05, 0.1) is 7.11 Å². The Morgan fingerprint density at radius 3 is 2.80 bits per heavy atom. The summed E-state index contributed by atoms with van der Waals surface area (Å²) < 4.78 is 6.83. The molecule has 0 saturated carbocycles. The highest BCUT2D eigenvalue weighted by Gasteiger charge is 2.07. The zero-order valence-corrected chi connectivity index (χ0v) is 13.9. The summed E-state index contributed by atoms with van der Waals surface area (Å²) in [6.45, 7) is 0. The van der Waals surface area contributed by atoms with E-state index >= 15 is 0 Å². The zero-order chi connectivity index (χ0) is 17.6. The van der Waals surface area contributed by atoms with Crippen molar-refractivity contribution in [2.45, 2.75) is 0 Å². The second kappa shape index (κ2) is 7.39. The molecule has 0 unspecified atom stereocenters. The van der Waals surface area contributed by atoms with Crippen molar-refractivity contribution in [1.82, 2.24) is 20.2 Å². The molecule has 1 amide bonds. The molecule has 7 nitrogen and oxygen atoms in total. The van der Waals surface area contributed by atoms with Gasteiger partial charge in [0.15, 0.2) is 5.82 Å². The third kappa shape index (κ3) is 3.89. The fourth-order valence-corrected chi connectivity index (χ4v) is 2.36. The van der Waals surface area contributed by atoms with E-state index in [1.165, 1.54) is 6.08 Å². The highest BCUT2D eigenvalue weighted by molar-refractivity contribution is 6.02. The molecule has 0 aliphatic carbocycles. The molecule has 25 heavy (non-hydrogen) atoms. The molecule has 3 rings (SSSR count). The van der Waals surface area contributed by atoms with Crippen molar-refractivity contribution in [3.8, 4) is 17.1 Å². The van der Waals surface area contributed by atoms with Crippen molar-refractivity contribution in [2.24, 2.45) is 7.05 Å². The van der Waals surface area contributed by atoms with Gasteiger partial charge in [0.25, 0.3) is 0 Å². The number of methoxy groups -OCH3 is 1. The van der Waals surface area contributed by atoms with Crippen molar-refractivity contribution in [1.29, 1.82) is 0 Å². The standard InChI is InChI=1S/C18H17N5O2/c1-23-18(20-21-22-23)14-7-5-8-15(12-14)19-17(24)11-10-13-6-3-4-9-16(13)25-2/h3-12H,1-2H3,(H,19,24)/b11-10+. The summed E-state index contributed by atoms with van der Waals surface area (Å²) in [4.78, 5) is 12.2. The van der Waals surface area contributed by atoms with Crippen LogP contribution in [0.15, 0.2) is 54.6 Å². The topological polar surface area (TPSA) is 81.9 Å². The molecule has 2 aromatic carbocycles. The number of tetrazole rings is 1. The van der Waals surface area contributed by atoms with Crippen molar-refractivity contribution in [2.75, 3.05) is 12.4 Å². The van der Waals surface area contributed by atoms with Crippen LogP contribution in [-0.4, -0.2) is 33.2 Å². The fourth-order valence-electron chi connectivity index (χ4n) is 2.36. The zero-order valence-electron chi connectivity index (χ0n) is 13.9. The van der Waals surface area contributed by atoms with E-state index < -0.39 is 0 Å². The summed E-state index contributed by atoms with van der Waals surface area (Å²) in [6, 6.07) is 14.8. The number of para-hydroxylation sites is 1. The van der Waals surface area contributed by atoms with Crippen LogP contribution in [0, 0.1) is 0 Å². The molecule has 0 saturated heterocycles. The van der Waals surface area contributed by atoms with Crippen LogP contribution in [0.5, 0.6) is 5.75 Å². The number of aryl methyl sites for hydroxylation is 1. The average molecular weight is 335 g/mol. The lowest BCUT2D eigenvalue weighted by atomic mass is 10.1. The van der Waals surface area contributed by atoms with Crippen LogP contribution in [0.4, 0.5) is 5.69 Å². The first-order valence-corrected chi connectivity index (χ1v) is 7.62. The first kappa shape index (κ1) is 16.4. The normalized spacial score (nSPS) is 10.8. The van der Waals surface area contributed by atoms with Gasteiger partial charge in [-0.05, 0) is 34.7 Å². The molecular formula is C18H17N5O2. The number of amides is 1. The maximum Gasteiger partial charge on any atom is 0.248 e. The number of hydrogen-bond acceptors (Lipinski definition) is 5. The predicted octanol–water partition coefficient (Wildman–Crippen LogP) is 2.54. The molecule has 1 N–H and O–H groups in total. The number of carbonyl (C=O) groups is 1. The molecule has 1 aromatic heterocycles. The van der Waals surface area contributed by atoms with E-state index in [0.717, 1.165) is 11.1 Å². The Kier molecular flexibility index (Phi) is 4.84. The predicted molar refractivity (Wildman–Crippen MR) is 94.9 cm³/mol. The minimum atomic E-state index is -0.237. The fraction of sp³-hybridized carbons (Fsp3) is 0.111. The van der Waals surface area contributed by atoms with Crippen LogP contribution in [-0.2, 0) is 11.8 Å². The molecule has 0 spiro atoms. The van der Waals surface area contributed by atoms with Gasteiger partial charge in [0.1, 0.15) is 5.75 Å². The van der Waals surface area contributed by atoms with E-state index in [-0.39, 0.29) is 5.91 Å². The molecule has 0 aliphatic rings. The molecule has 1 heterocycles. The molecule has 126 valence electrons. The van der Waals surface area contributed by atoms with Gasteiger partial charge in [0.2, 0.25) is 5.91 Å². The molecule has 0 radical (unpaired) electrons. The number of rotatable bonds is 5. The van der Waals surface area contributed by atoms with E-state index in [1.54, 1.807) is 24.9 Å². The lowest BCUT2D eigenvalue weighted by molar-refractivity contribution is -0.111. The maximum atomic E-state index is 12.2. The summed E-state index contributed by atoms with van der Waals surface area (Å²) >= 11 is 0. The number of benzene rings is 2. The molecule has 0 fully saturated rings. The maximum absolute atomic E-state index is 12.2. The average Bonchev–Trinajstić information content (AvgIpc) is 3.06. The van der Waals surface area contributed by atoms with Crippen molar-refractivity contribution in [3.63, 3.8) is 0 Å². The summed E-state index contributed by atoms with van der Waals surface area (Å²) in [5, 5.41) is 14.2. The minimum Gasteiger partial charge on any atom is -0.496 e. The molecule has 7 heteroatoms. The quantitative estimate of drug-likeness (QED) is 0.725. The summed E-state index contributed by atoms with van der Waals surface area (Å²) in [7, 11) is 3.36. The smallest absolute Gasteiger partial charge is 0.248 e. The van der Waals surface area contributed by atoms with Gasteiger partial charge in [-0.3, -0.25) is 4.79 Å². The number of nitrogens with zero attached hydrogens (tertiary/aromatic N) is 4. The van der Waals surface area contributed by atoms with E-state index in [0.29, 0.717) is 17.3 Å². The van der Waals surface area contributed by atoms with Gasteiger partial charge < -0.3 is 10.1 Å². The number of hydrogen-bond donors (Lipinski definition) is 1. The highest BCUT2D eigenvalue weighted by Crippen LogP contribution is 2.20. The van der Waals surface area contributed by atoms with E-state index in [1.807, 2.05) is 48.5 Å². The van der Waals surface area contributed by atoms with Crippen LogP contribution in [0.3, 0.4) is 0 Å². The molecule has 3 aromatic rings. The second-order valence-electron chi connectivity index (χ2n) is 5.27. The highest BCUT2D eigenvalue weighted by atomic mass is 16.5. The van der Waals surface area contributed by atoms with E-state index in [4.69, 9.17) is 4.74 Å². The third-order valence-electron chi connectivity index (χ3n) is 3.56. The van der Waals surface area contributed by atoms with Crippen LogP contribution in [0.25, 0.3) is 17.5 Å². The number of aromatic nitrogens is 4. The molecular weight excluding hydrogens is 318 g/mol. The van der Waals surface area contributed by atoms with Gasteiger partial charge in [0, 0.05) is 29.9 Å². The van der Waals surface area contributed by atoms with Crippen LogP contribution in [0.2, 0.25) is 0 Å². The lowest BCUT2D eigenvalue weighted by Crippen LogP contribution is -2.08. The first-order chi connectivity index (χ1) is 12.2. The van der Waals surface area contributed by atoms with Crippen LogP contribution in [0.1, 0.15) is 5.56 Å². The second-order valence-corrected chi connectivity index (χ2v) is 5.27. The lowest BCUT2D eigenvalue weighted by Gasteiger charge is -2.05. The summed E-state index contributed by atoms with van der Waals surface area (Å²) in [6.07, 6.45) is 3.18. The number of anilines is 1. The summed E-state index contributed by atoms with van der Waals surface area (Å²) in [5.74, 6) is 1.10. The van der Waals surface area contributed by atoms with E-state index in [9.17, 15) is 4.79 Å². The first-order valence-electron chi connectivity index (χ1n) is 7.62. The van der Waals surface area contributed by atoms with Gasteiger partial charge in [-0.25, -0.2) is 4.68 Å². The Labute approximate surface area is 144 Å².